The molecule has 0 spiro atoms. The van der Waals surface area contributed by atoms with E-state index in [1.807, 2.05) is 6.92 Å². The van der Waals surface area contributed by atoms with Crippen molar-refractivity contribution in [2.75, 3.05) is 13.2 Å². The van der Waals surface area contributed by atoms with Gasteiger partial charge in [-0.15, -0.1) is 0 Å². The van der Waals surface area contributed by atoms with Crippen LogP contribution in [0.1, 0.15) is 53.5 Å². The van der Waals surface area contributed by atoms with E-state index in [9.17, 15) is 22.8 Å². The van der Waals surface area contributed by atoms with Gasteiger partial charge in [0.15, 0.2) is 0 Å². The molecule has 1 N–H and O–H groups in total. The zero-order valence-corrected chi connectivity index (χ0v) is 18.7. The summed E-state index contributed by atoms with van der Waals surface area (Å²) in [5.41, 5.74) is -2.75. The lowest BCUT2D eigenvalue weighted by atomic mass is 9.93. The first kappa shape index (κ1) is 24.7. The number of likely N-dealkylation sites (tertiary alicyclic amines) is 1. The summed E-state index contributed by atoms with van der Waals surface area (Å²) in [6, 6.07) is 1.63. The number of alkyl halides is 3. The number of carbonyl (C=O) groups excluding carboxylic acids is 2. The number of halogens is 3. The highest BCUT2D eigenvalue weighted by molar-refractivity contribution is 5.82. The Morgan fingerprint density at radius 1 is 1.23 bits per heavy atom. The normalized spacial score (nSPS) is 19.8. The molecule has 1 aromatic rings. The first-order chi connectivity index (χ1) is 14.1. The fourth-order valence-electron chi connectivity index (χ4n) is 3.13. The molecule has 0 aliphatic carbocycles. The quantitative estimate of drug-likeness (QED) is 0.741. The van der Waals surface area contributed by atoms with Gasteiger partial charge in [-0.2, -0.15) is 13.2 Å². The summed E-state index contributed by atoms with van der Waals surface area (Å²) >= 11 is 0. The van der Waals surface area contributed by atoms with E-state index in [0.717, 1.165) is 6.07 Å². The smallest absolute Gasteiger partial charge is 0.421 e. The lowest BCUT2D eigenvalue weighted by molar-refractivity contribution is -0.139. The Hall–Kier alpha value is -2.52. The highest BCUT2D eigenvalue weighted by Gasteiger charge is 2.39. The third kappa shape index (κ3) is 6.73. The number of ether oxygens (including phenoxy) is 2. The van der Waals surface area contributed by atoms with E-state index >= 15 is 0 Å². The molecule has 1 aliphatic heterocycles. The molecule has 31 heavy (non-hydrogen) atoms. The molecule has 174 valence electrons. The van der Waals surface area contributed by atoms with E-state index in [0.29, 0.717) is 6.42 Å². The molecule has 1 saturated heterocycles. The molecule has 1 aromatic heterocycles. The second kappa shape index (κ2) is 8.92. The second-order valence-corrected chi connectivity index (χ2v) is 9.41. The molecule has 2 rings (SSSR count). The standard InChI is InChI=1S/C21H30F3N3O4/c1-13-10-14(11-27(13)18(29)31-19(2,3)4)26-17(28)20(5,6)12-30-16-15(21(22,23)24)8-7-9-25-16/h7-9,13-14H,10-12H2,1-6H3,(H,26,28)/t13-,14-/m0/s1. The Morgan fingerprint density at radius 3 is 2.45 bits per heavy atom. The predicted molar refractivity (Wildman–Crippen MR) is 107 cm³/mol. The fourth-order valence-corrected chi connectivity index (χ4v) is 3.13. The van der Waals surface area contributed by atoms with Gasteiger partial charge in [-0.1, -0.05) is 0 Å². The number of carbonyl (C=O) groups is 2. The number of nitrogens with one attached hydrogen (secondary N) is 1. The highest BCUT2D eigenvalue weighted by atomic mass is 19.4. The van der Waals surface area contributed by atoms with Crippen LogP contribution in [0.2, 0.25) is 0 Å². The monoisotopic (exact) mass is 445 g/mol. The molecular formula is C21H30F3N3O4. The molecule has 2 atom stereocenters. The minimum atomic E-state index is -4.61. The van der Waals surface area contributed by atoms with Crippen molar-refractivity contribution in [3.8, 4) is 5.88 Å². The van der Waals surface area contributed by atoms with Gasteiger partial charge < -0.3 is 19.7 Å². The zero-order chi connectivity index (χ0) is 23.6. The van der Waals surface area contributed by atoms with Crippen molar-refractivity contribution in [1.82, 2.24) is 15.2 Å². The highest BCUT2D eigenvalue weighted by Crippen LogP contribution is 2.35. The molecule has 0 aromatic carbocycles. The van der Waals surface area contributed by atoms with E-state index in [1.165, 1.54) is 12.3 Å². The summed E-state index contributed by atoms with van der Waals surface area (Å²) in [5.74, 6) is -0.957. The van der Waals surface area contributed by atoms with Crippen LogP contribution in [-0.2, 0) is 15.7 Å². The van der Waals surface area contributed by atoms with Crippen molar-refractivity contribution in [2.24, 2.45) is 5.41 Å². The molecule has 0 saturated carbocycles. The van der Waals surface area contributed by atoms with Gasteiger partial charge in [-0.25, -0.2) is 9.78 Å². The Labute approximate surface area is 180 Å². The third-order valence-electron chi connectivity index (χ3n) is 4.80. The Morgan fingerprint density at radius 2 is 1.87 bits per heavy atom. The van der Waals surface area contributed by atoms with Gasteiger partial charge in [0.2, 0.25) is 11.8 Å². The minimum absolute atomic E-state index is 0.123. The number of hydrogen-bond acceptors (Lipinski definition) is 5. The molecule has 0 bridgehead atoms. The van der Waals surface area contributed by atoms with Crippen LogP contribution in [0.3, 0.4) is 0 Å². The predicted octanol–water partition coefficient (Wildman–Crippen LogP) is 4.02. The van der Waals surface area contributed by atoms with Crippen LogP contribution in [0.5, 0.6) is 5.88 Å². The van der Waals surface area contributed by atoms with Crippen LogP contribution in [0.15, 0.2) is 18.3 Å². The number of nitrogens with zero attached hydrogens (tertiary/aromatic N) is 2. The van der Waals surface area contributed by atoms with Crippen LogP contribution in [-0.4, -0.2) is 52.7 Å². The van der Waals surface area contributed by atoms with Gasteiger partial charge in [-0.05, 0) is 60.1 Å². The molecule has 1 fully saturated rings. The van der Waals surface area contributed by atoms with E-state index < -0.39 is 34.7 Å². The Balaban J connectivity index is 1.97. The van der Waals surface area contributed by atoms with Crippen molar-refractivity contribution in [3.05, 3.63) is 23.9 Å². The van der Waals surface area contributed by atoms with Crippen molar-refractivity contribution in [3.63, 3.8) is 0 Å². The Bertz CT molecular complexity index is 806. The van der Waals surface area contributed by atoms with Crippen LogP contribution in [0.25, 0.3) is 0 Å². The average Bonchev–Trinajstić information content (AvgIpc) is 2.98. The van der Waals surface area contributed by atoms with E-state index in [1.54, 1.807) is 39.5 Å². The largest absolute Gasteiger partial charge is 0.476 e. The van der Waals surface area contributed by atoms with Crippen molar-refractivity contribution < 1.29 is 32.2 Å². The third-order valence-corrected chi connectivity index (χ3v) is 4.80. The number of amides is 2. The summed E-state index contributed by atoms with van der Waals surface area (Å²) in [6.07, 6.45) is -3.32. The first-order valence-corrected chi connectivity index (χ1v) is 10.1. The molecule has 10 heteroatoms. The van der Waals surface area contributed by atoms with Gasteiger partial charge in [0.25, 0.3) is 0 Å². The number of hydrogen-bond donors (Lipinski definition) is 1. The summed E-state index contributed by atoms with van der Waals surface area (Å²) in [7, 11) is 0. The summed E-state index contributed by atoms with van der Waals surface area (Å²) in [4.78, 5) is 30.3. The summed E-state index contributed by atoms with van der Waals surface area (Å²) in [6.45, 7) is 10.3. The molecule has 2 heterocycles. The lowest BCUT2D eigenvalue weighted by Gasteiger charge is -2.27. The van der Waals surface area contributed by atoms with Gasteiger partial charge in [0.05, 0.1) is 5.41 Å². The van der Waals surface area contributed by atoms with E-state index in [2.05, 4.69) is 10.3 Å². The zero-order valence-electron chi connectivity index (χ0n) is 18.7. The maximum Gasteiger partial charge on any atom is 0.421 e. The number of aromatic nitrogens is 1. The van der Waals surface area contributed by atoms with Crippen molar-refractivity contribution in [1.29, 1.82) is 0 Å². The van der Waals surface area contributed by atoms with Gasteiger partial charge >= 0.3 is 12.3 Å². The van der Waals surface area contributed by atoms with Gasteiger partial charge in [0, 0.05) is 24.8 Å². The summed E-state index contributed by atoms with van der Waals surface area (Å²) in [5, 5.41) is 2.87. The van der Waals surface area contributed by atoms with Crippen molar-refractivity contribution in [2.45, 2.75) is 71.8 Å². The molecule has 2 amide bonds. The van der Waals surface area contributed by atoms with Crippen LogP contribution in [0, 0.1) is 5.41 Å². The molecule has 0 unspecified atom stereocenters. The maximum atomic E-state index is 13.1. The number of rotatable bonds is 5. The molecule has 1 aliphatic rings. The fraction of sp³-hybridized carbons (Fsp3) is 0.667. The van der Waals surface area contributed by atoms with Crippen molar-refractivity contribution >= 4 is 12.0 Å². The second-order valence-electron chi connectivity index (χ2n) is 9.41. The van der Waals surface area contributed by atoms with Crippen LogP contribution in [0.4, 0.5) is 18.0 Å². The maximum absolute atomic E-state index is 13.1. The topological polar surface area (TPSA) is 80.8 Å². The van der Waals surface area contributed by atoms with Gasteiger partial charge in [-0.3, -0.25) is 4.79 Å². The molecular weight excluding hydrogens is 415 g/mol. The minimum Gasteiger partial charge on any atom is -0.476 e. The Kier molecular flexibility index (Phi) is 7.12. The van der Waals surface area contributed by atoms with E-state index in [-0.39, 0.29) is 31.1 Å². The molecule has 0 radical (unpaired) electrons. The average molecular weight is 445 g/mol. The van der Waals surface area contributed by atoms with Crippen LogP contribution < -0.4 is 10.1 Å². The van der Waals surface area contributed by atoms with Crippen LogP contribution >= 0.6 is 0 Å². The lowest BCUT2D eigenvalue weighted by Crippen LogP contribution is -2.47. The summed E-state index contributed by atoms with van der Waals surface area (Å²) < 4.78 is 50.0. The number of pyridine rings is 1. The SMILES string of the molecule is C[C@H]1C[C@H](NC(=O)C(C)(C)COc2ncccc2C(F)(F)F)CN1C(=O)OC(C)(C)C. The molecule has 7 nitrogen and oxygen atoms in total. The first-order valence-electron chi connectivity index (χ1n) is 10.1. The van der Waals surface area contributed by atoms with E-state index in [4.69, 9.17) is 9.47 Å². The van der Waals surface area contributed by atoms with Gasteiger partial charge in [0.1, 0.15) is 17.8 Å².